The van der Waals surface area contributed by atoms with Gasteiger partial charge in [-0.25, -0.2) is 4.79 Å². The van der Waals surface area contributed by atoms with Gasteiger partial charge in [0.25, 0.3) is 33.7 Å². The topological polar surface area (TPSA) is 155 Å². The molecule has 0 aliphatic carbocycles. The standard InChI is InChI=1S/C19H26N2O9S.Na.H/c22-15-10-11-16(23)20(15)12-8-6-4-2-1-3-5-7-9-18(25)30-21-17(24)13-14(19(21)26)31(27,28)29;;/h10-11,14H,1-9,12-13H2,(H,27,28,29);;/q;+1;-1. The molecule has 1 saturated heterocycles. The van der Waals surface area contributed by atoms with Crippen LogP contribution in [-0.2, 0) is 38.9 Å². The molecule has 4 amide bonds. The Balaban J connectivity index is 0.00000512. The van der Waals surface area contributed by atoms with Crippen molar-refractivity contribution in [2.45, 2.75) is 69.5 Å². The third-order valence-corrected chi connectivity index (χ3v) is 6.12. The molecule has 32 heavy (non-hydrogen) atoms. The number of carbonyl (C=O) groups is 5. The molecule has 2 aliphatic rings. The van der Waals surface area contributed by atoms with Gasteiger partial charge in [0.2, 0.25) is 0 Å². The van der Waals surface area contributed by atoms with Crippen molar-refractivity contribution in [1.29, 1.82) is 0 Å². The Kier molecular flexibility index (Phi) is 11.7. The molecule has 0 spiro atoms. The average Bonchev–Trinajstić information content (AvgIpc) is 3.16. The zero-order valence-corrected chi connectivity index (χ0v) is 20.8. The molecule has 13 heteroatoms. The second kappa shape index (κ2) is 13.2. The van der Waals surface area contributed by atoms with Crippen molar-refractivity contribution in [1.82, 2.24) is 9.96 Å². The molecule has 1 unspecified atom stereocenters. The van der Waals surface area contributed by atoms with Crippen molar-refractivity contribution in [3.63, 3.8) is 0 Å². The van der Waals surface area contributed by atoms with Crippen LogP contribution in [0.1, 0.15) is 65.6 Å². The monoisotopic (exact) mass is 482 g/mol. The minimum absolute atomic E-state index is 0. The Morgan fingerprint density at radius 1 is 0.969 bits per heavy atom. The van der Waals surface area contributed by atoms with E-state index in [0.29, 0.717) is 13.0 Å². The van der Waals surface area contributed by atoms with Gasteiger partial charge in [-0.1, -0.05) is 38.5 Å². The molecule has 1 N–H and O–H groups in total. The third kappa shape index (κ3) is 8.39. The van der Waals surface area contributed by atoms with E-state index >= 15 is 0 Å². The largest absolute Gasteiger partial charge is 1.00 e. The summed E-state index contributed by atoms with van der Waals surface area (Å²) in [4.78, 5) is 63.8. The number of nitrogens with zero attached hydrogens (tertiary/aromatic N) is 2. The van der Waals surface area contributed by atoms with E-state index in [1.54, 1.807) is 0 Å². The van der Waals surface area contributed by atoms with E-state index < -0.39 is 39.6 Å². The molecule has 174 valence electrons. The minimum Gasteiger partial charge on any atom is -1.00 e. The maximum atomic E-state index is 11.8. The Morgan fingerprint density at radius 3 is 1.97 bits per heavy atom. The summed E-state index contributed by atoms with van der Waals surface area (Å²) in [6.45, 7) is 0.430. The summed E-state index contributed by atoms with van der Waals surface area (Å²) in [7, 11) is -4.74. The molecular weight excluding hydrogens is 455 g/mol. The fraction of sp³-hybridized carbons (Fsp3) is 0.632. The summed E-state index contributed by atoms with van der Waals surface area (Å²) in [5.41, 5.74) is 0. The second-order valence-corrected chi connectivity index (χ2v) is 9.04. The van der Waals surface area contributed by atoms with Crippen molar-refractivity contribution in [2.75, 3.05) is 6.54 Å². The van der Waals surface area contributed by atoms with Crippen molar-refractivity contribution in [3.05, 3.63) is 12.2 Å². The predicted octanol–water partition coefficient (Wildman–Crippen LogP) is -1.99. The van der Waals surface area contributed by atoms with Crippen molar-refractivity contribution in [3.8, 4) is 0 Å². The molecule has 0 saturated carbocycles. The molecule has 1 fully saturated rings. The van der Waals surface area contributed by atoms with Gasteiger partial charge in [-0.3, -0.25) is 28.6 Å². The average molecular weight is 482 g/mol. The molecule has 2 heterocycles. The molecule has 0 radical (unpaired) electrons. The number of imide groups is 2. The number of amides is 4. The van der Waals surface area contributed by atoms with Gasteiger partial charge >= 0.3 is 35.5 Å². The number of hydrogen-bond donors (Lipinski definition) is 1. The van der Waals surface area contributed by atoms with Gasteiger partial charge in [0.1, 0.15) is 0 Å². The molecule has 0 aromatic rings. The fourth-order valence-electron chi connectivity index (χ4n) is 3.31. The van der Waals surface area contributed by atoms with Gasteiger partial charge in [-0.15, -0.1) is 5.06 Å². The first kappa shape index (κ1) is 28.4. The van der Waals surface area contributed by atoms with Crippen LogP contribution in [0, 0.1) is 0 Å². The smallest absolute Gasteiger partial charge is 1.00 e. The van der Waals surface area contributed by atoms with Crippen molar-refractivity contribution in [2.24, 2.45) is 0 Å². The van der Waals surface area contributed by atoms with Crippen molar-refractivity contribution < 1.29 is 72.8 Å². The van der Waals surface area contributed by atoms with Gasteiger partial charge in [-0.2, -0.15) is 8.42 Å². The Bertz CT molecular complexity index is 860. The van der Waals surface area contributed by atoms with Crippen LogP contribution in [0.3, 0.4) is 0 Å². The van der Waals surface area contributed by atoms with Crippen LogP contribution < -0.4 is 29.6 Å². The molecule has 11 nitrogen and oxygen atoms in total. The van der Waals surface area contributed by atoms with E-state index in [9.17, 15) is 32.4 Å². The summed E-state index contributed by atoms with van der Waals surface area (Å²) in [5.74, 6) is -3.61. The van der Waals surface area contributed by atoms with Gasteiger partial charge < -0.3 is 6.26 Å². The molecule has 0 aromatic carbocycles. The van der Waals surface area contributed by atoms with E-state index in [1.165, 1.54) is 17.1 Å². The Morgan fingerprint density at radius 2 is 1.47 bits per heavy atom. The number of hydrogen-bond acceptors (Lipinski definition) is 8. The molecular formula is C19H27N2NaO9S. The van der Waals surface area contributed by atoms with Gasteiger partial charge in [0.05, 0.1) is 6.42 Å². The normalized spacial score (nSPS) is 18.5. The minimum atomic E-state index is -4.74. The van der Waals surface area contributed by atoms with Gasteiger partial charge in [0, 0.05) is 25.1 Å². The maximum Gasteiger partial charge on any atom is 1.00 e. The summed E-state index contributed by atoms with van der Waals surface area (Å²) in [6, 6.07) is 0. The van der Waals surface area contributed by atoms with Crippen LogP contribution in [0.25, 0.3) is 0 Å². The SMILES string of the molecule is O=C(CCCCCCCCCCN1C(=O)C=CC1=O)ON1C(=O)CC(S(=O)(=O)O)C1=O.[H-].[Na+]. The predicted molar refractivity (Wildman–Crippen MR) is 106 cm³/mol. The maximum absolute atomic E-state index is 11.8. The number of rotatable bonds is 13. The van der Waals surface area contributed by atoms with Gasteiger partial charge in [0.15, 0.2) is 5.25 Å². The first-order chi connectivity index (χ1) is 14.6. The van der Waals surface area contributed by atoms with E-state index in [2.05, 4.69) is 4.84 Å². The van der Waals surface area contributed by atoms with Crippen LogP contribution in [0.4, 0.5) is 0 Å². The number of unbranched alkanes of at least 4 members (excludes halogenated alkanes) is 7. The van der Waals surface area contributed by atoms with Gasteiger partial charge in [-0.05, 0) is 12.8 Å². The van der Waals surface area contributed by atoms with Crippen molar-refractivity contribution >= 4 is 39.7 Å². The quantitative estimate of drug-likeness (QED) is 0.136. The fourth-order valence-corrected chi connectivity index (χ4v) is 4.01. The van der Waals surface area contributed by atoms with E-state index in [-0.39, 0.29) is 54.3 Å². The van der Waals surface area contributed by atoms with Crippen LogP contribution in [0.2, 0.25) is 0 Å². The summed E-state index contributed by atoms with van der Waals surface area (Å²) in [5, 5.41) is -1.82. The van der Waals surface area contributed by atoms with Crippen LogP contribution in [0.5, 0.6) is 0 Å². The molecule has 1 atom stereocenters. The molecule has 2 rings (SSSR count). The van der Waals surface area contributed by atoms with Crippen LogP contribution >= 0.6 is 0 Å². The van der Waals surface area contributed by atoms with E-state index in [1.807, 2.05) is 0 Å². The molecule has 0 aromatic heterocycles. The summed E-state index contributed by atoms with van der Waals surface area (Å²) in [6.07, 6.45) is 8.46. The Hall–Kier alpha value is -1.60. The third-order valence-electron chi connectivity index (χ3n) is 5.03. The number of carbonyl (C=O) groups excluding carboxylic acids is 5. The first-order valence-corrected chi connectivity index (χ1v) is 11.7. The Labute approximate surface area is 210 Å². The van der Waals surface area contributed by atoms with E-state index in [4.69, 9.17) is 4.55 Å². The summed E-state index contributed by atoms with van der Waals surface area (Å²) < 4.78 is 31.0. The second-order valence-electron chi connectivity index (χ2n) is 7.44. The first-order valence-electron chi connectivity index (χ1n) is 10.2. The summed E-state index contributed by atoms with van der Waals surface area (Å²) >= 11 is 0. The zero-order chi connectivity index (χ0) is 23.0. The van der Waals surface area contributed by atoms with Crippen LogP contribution in [0.15, 0.2) is 12.2 Å². The van der Waals surface area contributed by atoms with Crippen LogP contribution in [-0.4, -0.2) is 64.3 Å². The van der Waals surface area contributed by atoms with E-state index in [0.717, 1.165) is 44.9 Å². The molecule has 0 bridgehead atoms. The zero-order valence-electron chi connectivity index (χ0n) is 19.0. The number of hydroxylamine groups is 2. The molecule has 2 aliphatic heterocycles.